The normalized spacial score (nSPS) is 25.3. The number of amides is 1. The summed E-state index contributed by atoms with van der Waals surface area (Å²) in [5, 5.41) is 0. The number of primary amides is 1. The van der Waals surface area contributed by atoms with Gasteiger partial charge in [-0.2, -0.15) is 0 Å². The van der Waals surface area contributed by atoms with Gasteiger partial charge in [-0.3, -0.25) is 14.6 Å². The van der Waals surface area contributed by atoms with E-state index in [0.29, 0.717) is 12.6 Å². The monoisotopic (exact) mass is 321 g/mol. The summed E-state index contributed by atoms with van der Waals surface area (Å²) in [5.74, 6) is -0.327. The van der Waals surface area contributed by atoms with E-state index in [0.717, 1.165) is 63.6 Å². The molecule has 128 valence electrons. The summed E-state index contributed by atoms with van der Waals surface area (Å²) in [6, 6.07) is 0.512. The third-order valence-electron chi connectivity index (χ3n) is 5.05. The molecule has 1 amide bonds. The highest BCUT2D eigenvalue weighted by Crippen LogP contribution is 2.20. The largest absolute Gasteiger partial charge is 0.381 e. The maximum atomic E-state index is 11.9. The van der Waals surface area contributed by atoms with Gasteiger partial charge in [-0.1, -0.05) is 0 Å². The van der Waals surface area contributed by atoms with Gasteiger partial charge in [0.25, 0.3) is 0 Å². The van der Waals surface area contributed by atoms with Gasteiger partial charge in [0.15, 0.2) is 0 Å². The molecule has 3 N–H and O–H groups in total. The summed E-state index contributed by atoms with van der Waals surface area (Å²) in [5.41, 5.74) is 7.79. The van der Waals surface area contributed by atoms with Gasteiger partial charge in [0, 0.05) is 57.7 Å². The molecule has 7 heteroatoms. The van der Waals surface area contributed by atoms with Gasteiger partial charge in [-0.15, -0.1) is 0 Å². The molecule has 1 aromatic rings. The van der Waals surface area contributed by atoms with Gasteiger partial charge in [-0.05, 0) is 19.8 Å². The Morgan fingerprint density at radius 1 is 1.39 bits per heavy atom. The molecule has 0 aromatic carbocycles. The van der Waals surface area contributed by atoms with E-state index < -0.39 is 0 Å². The minimum absolute atomic E-state index is 0.125. The summed E-state index contributed by atoms with van der Waals surface area (Å²) in [7, 11) is 0. The highest BCUT2D eigenvalue weighted by atomic mass is 16.5. The number of hydrogen-bond donors (Lipinski definition) is 2. The molecule has 0 spiro atoms. The molecule has 2 aliphatic rings. The van der Waals surface area contributed by atoms with Crippen molar-refractivity contribution in [2.75, 3.05) is 39.4 Å². The number of nitrogens with zero attached hydrogens (tertiary/aromatic N) is 3. The van der Waals surface area contributed by atoms with Gasteiger partial charge < -0.3 is 15.5 Å². The highest BCUT2D eigenvalue weighted by molar-refractivity contribution is 5.77. The molecular weight excluding hydrogens is 294 g/mol. The molecule has 0 aliphatic carbocycles. The van der Waals surface area contributed by atoms with E-state index >= 15 is 0 Å². The van der Waals surface area contributed by atoms with Crippen molar-refractivity contribution in [1.82, 2.24) is 19.8 Å². The van der Waals surface area contributed by atoms with E-state index in [-0.39, 0.29) is 11.8 Å². The molecule has 0 saturated carbocycles. The Balaban J connectivity index is 1.67. The fourth-order valence-electron chi connectivity index (χ4n) is 3.57. The SMILES string of the molecule is Cc1[nH]cnc1CN1CCN(C2CCOCC2)C[C@@H](C(N)=O)C1. The van der Waals surface area contributed by atoms with Crippen LogP contribution in [0.1, 0.15) is 24.2 Å². The molecule has 2 saturated heterocycles. The average molecular weight is 321 g/mol. The van der Waals surface area contributed by atoms with Crippen molar-refractivity contribution in [3.63, 3.8) is 0 Å². The van der Waals surface area contributed by atoms with Crippen LogP contribution in [0, 0.1) is 12.8 Å². The van der Waals surface area contributed by atoms with Gasteiger partial charge in [0.1, 0.15) is 0 Å². The molecule has 1 aromatic heterocycles. The molecule has 23 heavy (non-hydrogen) atoms. The lowest BCUT2D eigenvalue weighted by Crippen LogP contribution is -2.44. The van der Waals surface area contributed by atoms with E-state index in [4.69, 9.17) is 10.5 Å². The van der Waals surface area contributed by atoms with Crippen LogP contribution in [0.5, 0.6) is 0 Å². The maximum absolute atomic E-state index is 11.9. The first-order valence-corrected chi connectivity index (χ1v) is 8.46. The van der Waals surface area contributed by atoms with Crippen LogP contribution < -0.4 is 5.73 Å². The molecule has 3 rings (SSSR count). The molecule has 2 aliphatic heterocycles. The minimum Gasteiger partial charge on any atom is -0.381 e. The maximum Gasteiger partial charge on any atom is 0.223 e. The van der Waals surface area contributed by atoms with Gasteiger partial charge in [0.05, 0.1) is 17.9 Å². The molecule has 0 radical (unpaired) electrons. The number of H-pyrrole nitrogens is 1. The predicted molar refractivity (Wildman–Crippen MR) is 86.7 cm³/mol. The molecule has 1 atom stereocenters. The Kier molecular flexibility index (Phi) is 5.30. The van der Waals surface area contributed by atoms with Crippen molar-refractivity contribution < 1.29 is 9.53 Å². The smallest absolute Gasteiger partial charge is 0.223 e. The van der Waals surface area contributed by atoms with Crippen molar-refractivity contribution in [3.8, 4) is 0 Å². The number of rotatable bonds is 4. The molecule has 0 bridgehead atoms. The Labute approximate surface area is 137 Å². The number of aromatic nitrogens is 2. The van der Waals surface area contributed by atoms with E-state index in [1.165, 1.54) is 0 Å². The predicted octanol–water partition coefficient (Wildman–Crippen LogP) is 0.116. The lowest BCUT2D eigenvalue weighted by Gasteiger charge is -2.34. The van der Waals surface area contributed by atoms with E-state index in [9.17, 15) is 4.79 Å². The topological polar surface area (TPSA) is 87.5 Å². The van der Waals surface area contributed by atoms with Crippen LogP contribution in [0.25, 0.3) is 0 Å². The van der Waals surface area contributed by atoms with Crippen LogP contribution >= 0.6 is 0 Å². The fraction of sp³-hybridized carbons (Fsp3) is 0.750. The number of nitrogens with two attached hydrogens (primary N) is 1. The van der Waals surface area contributed by atoms with Crippen LogP contribution in [0.15, 0.2) is 6.33 Å². The third-order valence-corrected chi connectivity index (χ3v) is 5.05. The van der Waals surface area contributed by atoms with Crippen molar-refractivity contribution in [1.29, 1.82) is 0 Å². The molecule has 7 nitrogen and oxygen atoms in total. The number of aromatic amines is 1. The number of imidazole rings is 1. The van der Waals surface area contributed by atoms with Crippen LogP contribution in [-0.2, 0) is 16.1 Å². The minimum atomic E-state index is -0.201. The second-order valence-electron chi connectivity index (χ2n) is 6.65. The first kappa shape index (κ1) is 16.4. The first-order valence-electron chi connectivity index (χ1n) is 8.46. The second-order valence-corrected chi connectivity index (χ2v) is 6.65. The van der Waals surface area contributed by atoms with Crippen LogP contribution in [0.2, 0.25) is 0 Å². The van der Waals surface area contributed by atoms with Gasteiger partial charge >= 0.3 is 0 Å². The first-order chi connectivity index (χ1) is 11.1. The van der Waals surface area contributed by atoms with E-state index in [1.807, 2.05) is 6.92 Å². The van der Waals surface area contributed by atoms with Crippen LogP contribution in [-0.4, -0.2) is 71.1 Å². The van der Waals surface area contributed by atoms with Crippen molar-refractivity contribution in [2.45, 2.75) is 32.4 Å². The van der Waals surface area contributed by atoms with Crippen molar-refractivity contribution in [2.24, 2.45) is 11.7 Å². The zero-order chi connectivity index (χ0) is 16.2. The Morgan fingerprint density at radius 2 is 2.17 bits per heavy atom. The Hall–Kier alpha value is -1.44. The summed E-state index contributed by atoms with van der Waals surface area (Å²) >= 11 is 0. The summed E-state index contributed by atoms with van der Waals surface area (Å²) < 4.78 is 5.46. The number of carbonyl (C=O) groups excluding carboxylic acids is 1. The van der Waals surface area contributed by atoms with E-state index in [2.05, 4.69) is 19.8 Å². The Morgan fingerprint density at radius 3 is 2.83 bits per heavy atom. The zero-order valence-corrected chi connectivity index (χ0v) is 13.8. The molecule has 2 fully saturated rings. The fourth-order valence-corrected chi connectivity index (χ4v) is 3.57. The van der Waals surface area contributed by atoms with E-state index in [1.54, 1.807) is 6.33 Å². The van der Waals surface area contributed by atoms with Crippen molar-refractivity contribution >= 4 is 5.91 Å². The summed E-state index contributed by atoms with van der Waals surface area (Å²) in [4.78, 5) is 24.1. The van der Waals surface area contributed by atoms with Crippen molar-refractivity contribution in [3.05, 3.63) is 17.7 Å². The quantitative estimate of drug-likeness (QED) is 0.822. The standard InChI is InChI=1S/C16H27N5O2/c1-12-15(19-11-18-12)10-20-4-5-21(9-13(8-20)16(17)22)14-2-6-23-7-3-14/h11,13-14H,2-10H2,1H3,(H2,17,22)(H,18,19)/t13-/m0/s1. The summed E-state index contributed by atoms with van der Waals surface area (Å²) in [6.45, 7) is 7.81. The highest BCUT2D eigenvalue weighted by Gasteiger charge is 2.31. The molecule has 0 unspecified atom stereocenters. The average Bonchev–Trinajstić information content (AvgIpc) is 2.83. The van der Waals surface area contributed by atoms with Gasteiger partial charge in [0.2, 0.25) is 5.91 Å². The number of ether oxygens (including phenoxy) is 1. The number of carbonyl (C=O) groups is 1. The molecule has 3 heterocycles. The number of nitrogens with one attached hydrogen (secondary N) is 1. The Bertz CT molecular complexity index is 526. The molecular formula is C16H27N5O2. The summed E-state index contributed by atoms with van der Waals surface area (Å²) in [6.07, 6.45) is 3.82. The van der Waals surface area contributed by atoms with Crippen LogP contribution in [0.4, 0.5) is 0 Å². The lowest BCUT2D eigenvalue weighted by molar-refractivity contribution is -0.122. The lowest BCUT2D eigenvalue weighted by atomic mass is 10.0. The zero-order valence-electron chi connectivity index (χ0n) is 13.8. The van der Waals surface area contributed by atoms with Gasteiger partial charge in [-0.25, -0.2) is 4.98 Å². The number of aryl methyl sites for hydroxylation is 1. The second kappa shape index (κ2) is 7.42. The van der Waals surface area contributed by atoms with Crippen LogP contribution in [0.3, 0.4) is 0 Å². The number of hydrogen-bond acceptors (Lipinski definition) is 5. The third kappa shape index (κ3) is 4.10.